The van der Waals surface area contributed by atoms with Gasteiger partial charge in [-0.15, -0.1) is 0 Å². The molecule has 0 radical (unpaired) electrons. The zero-order valence-corrected chi connectivity index (χ0v) is 8.64. The molecule has 1 heterocycles. The number of hydrazone groups is 1. The van der Waals surface area contributed by atoms with E-state index in [1.807, 2.05) is 25.1 Å². The lowest BCUT2D eigenvalue weighted by atomic mass is 9.69. The standard InChI is InChI=1S/C10H11BN2O2/c1-7-3-4-10-9(5-7)6-12-13(8(2)14)11(10)15/h3-6,15H,1-2H3. The van der Waals surface area contributed by atoms with Crippen LogP contribution in [0.5, 0.6) is 0 Å². The summed E-state index contributed by atoms with van der Waals surface area (Å²) in [5.74, 6) is -0.273. The SMILES string of the molecule is CC(=O)N1N=Cc2cc(C)ccc2B1O. The van der Waals surface area contributed by atoms with Crippen molar-refractivity contribution in [2.24, 2.45) is 5.10 Å². The summed E-state index contributed by atoms with van der Waals surface area (Å²) in [4.78, 5) is 12.2. The van der Waals surface area contributed by atoms with Gasteiger partial charge in [-0.3, -0.25) is 4.79 Å². The third-order valence-electron chi connectivity index (χ3n) is 2.40. The summed E-state index contributed by atoms with van der Waals surface area (Å²) in [6.07, 6.45) is 1.59. The van der Waals surface area contributed by atoms with Crippen LogP contribution >= 0.6 is 0 Å². The van der Waals surface area contributed by atoms with Crippen LogP contribution in [0.25, 0.3) is 0 Å². The van der Waals surface area contributed by atoms with Crippen LogP contribution in [0.15, 0.2) is 23.3 Å². The van der Waals surface area contributed by atoms with Crippen molar-refractivity contribution < 1.29 is 9.82 Å². The summed E-state index contributed by atoms with van der Waals surface area (Å²) >= 11 is 0. The van der Waals surface area contributed by atoms with Crippen molar-refractivity contribution in [1.82, 2.24) is 4.92 Å². The van der Waals surface area contributed by atoms with E-state index >= 15 is 0 Å². The van der Waals surface area contributed by atoms with Gasteiger partial charge >= 0.3 is 7.05 Å². The number of fused-ring (bicyclic) bond motifs is 1. The average Bonchev–Trinajstić information content (AvgIpc) is 2.17. The molecule has 2 rings (SSSR count). The van der Waals surface area contributed by atoms with Crippen molar-refractivity contribution in [3.63, 3.8) is 0 Å². The predicted octanol–water partition coefficient (Wildman–Crippen LogP) is -0.121. The monoisotopic (exact) mass is 202 g/mol. The van der Waals surface area contributed by atoms with E-state index in [4.69, 9.17) is 0 Å². The first-order valence-corrected chi connectivity index (χ1v) is 4.72. The first-order chi connectivity index (χ1) is 7.09. The second-order valence-corrected chi connectivity index (χ2v) is 3.61. The van der Waals surface area contributed by atoms with E-state index < -0.39 is 7.05 Å². The molecule has 1 aliphatic heterocycles. The normalized spacial score (nSPS) is 14.1. The predicted molar refractivity (Wildman–Crippen MR) is 58.9 cm³/mol. The third kappa shape index (κ3) is 1.66. The maximum absolute atomic E-state index is 11.1. The van der Waals surface area contributed by atoms with Gasteiger partial charge in [0.1, 0.15) is 0 Å². The second-order valence-electron chi connectivity index (χ2n) is 3.61. The van der Waals surface area contributed by atoms with Crippen molar-refractivity contribution in [1.29, 1.82) is 0 Å². The topological polar surface area (TPSA) is 52.9 Å². The van der Waals surface area contributed by atoms with Crippen molar-refractivity contribution in [2.45, 2.75) is 13.8 Å². The van der Waals surface area contributed by atoms with Crippen LogP contribution < -0.4 is 5.46 Å². The Morgan fingerprint density at radius 2 is 2.27 bits per heavy atom. The maximum Gasteiger partial charge on any atom is 0.474 e. The van der Waals surface area contributed by atoms with Gasteiger partial charge < -0.3 is 5.02 Å². The molecule has 0 saturated heterocycles. The molecule has 0 fully saturated rings. The van der Waals surface area contributed by atoms with E-state index in [1.54, 1.807) is 6.21 Å². The van der Waals surface area contributed by atoms with Crippen LogP contribution in [0, 0.1) is 6.92 Å². The fourth-order valence-electron chi connectivity index (χ4n) is 1.61. The van der Waals surface area contributed by atoms with Gasteiger partial charge in [0, 0.05) is 6.92 Å². The molecule has 1 aromatic carbocycles. The lowest BCUT2D eigenvalue weighted by Crippen LogP contribution is -2.51. The van der Waals surface area contributed by atoms with Gasteiger partial charge in [0.25, 0.3) is 0 Å². The lowest BCUT2D eigenvalue weighted by Gasteiger charge is -2.23. The van der Waals surface area contributed by atoms with Crippen molar-refractivity contribution in [3.05, 3.63) is 29.3 Å². The molecule has 1 amide bonds. The Morgan fingerprint density at radius 3 is 2.93 bits per heavy atom. The van der Waals surface area contributed by atoms with Gasteiger partial charge in [0.2, 0.25) is 5.91 Å². The number of hydrogen-bond acceptors (Lipinski definition) is 3. The Morgan fingerprint density at radius 1 is 1.53 bits per heavy atom. The van der Waals surface area contributed by atoms with Crippen molar-refractivity contribution >= 4 is 24.6 Å². The van der Waals surface area contributed by atoms with Crippen LogP contribution in [0.4, 0.5) is 0 Å². The Bertz CT molecular complexity index is 445. The van der Waals surface area contributed by atoms with Gasteiger partial charge in [-0.25, -0.2) is 4.92 Å². The van der Waals surface area contributed by atoms with E-state index in [2.05, 4.69) is 5.10 Å². The summed E-state index contributed by atoms with van der Waals surface area (Å²) in [7, 11) is -0.969. The summed E-state index contributed by atoms with van der Waals surface area (Å²) in [5, 5.41) is 13.8. The molecule has 1 aromatic rings. The van der Waals surface area contributed by atoms with Gasteiger partial charge in [0.05, 0.1) is 6.21 Å². The highest BCUT2D eigenvalue weighted by Gasteiger charge is 2.31. The molecule has 0 atom stereocenters. The van der Waals surface area contributed by atoms with Gasteiger partial charge in [-0.1, -0.05) is 23.8 Å². The van der Waals surface area contributed by atoms with Crippen LogP contribution in [0.3, 0.4) is 0 Å². The van der Waals surface area contributed by atoms with Gasteiger partial charge in [0.15, 0.2) is 0 Å². The summed E-state index contributed by atoms with van der Waals surface area (Å²) < 4.78 is 0. The molecule has 1 N–H and O–H groups in total. The quantitative estimate of drug-likeness (QED) is 0.596. The summed E-state index contributed by atoms with van der Waals surface area (Å²) in [6, 6.07) is 5.65. The molecule has 5 heteroatoms. The van der Waals surface area contributed by atoms with Crippen LogP contribution in [0.2, 0.25) is 0 Å². The van der Waals surface area contributed by atoms with E-state index in [0.29, 0.717) is 5.46 Å². The number of aryl methyl sites for hydroxylation is 1. The molecule has 0 aromatic heterocycles. The Balaban J connectivity index is 2.46. The first kappa shape index (κ1) is 9.92. The maximum atomic E-state index is 11.1. The molecule has 0 aliphatic carbocycles. The Hall–Kier alpha value is -1.62. The Labute approximate surface area is 88.3 Å². The van der Waals surface area contributed by atoms with Gasteiger partial charge in [-0.05, 0) is 17.9 Å². The molecule has 4 nitrogen and oxygen atoms in total. The fraction of sp³-hybridized carbons (Fsp3) is 0.200. The van der Waals surface area contributed by atoms with Crippen molar-refractivity contribution in [3.8, 4) is 0 Å². The molecule has 15 heavy (non-hydrogen) atoms. The zero-order valence-electron chi connectivity index (χ0n) is 8.64. The average molecular weight is 202 g/mol. The second kappa shape index (κ2) is 3.51. The van der Waals surface area contributed by atoms with E-state index in [0.717, 1.165) is 16.0 Å². The number of hydrogen-bond donors (Lipinski definition) is 1. The van der Waals surface area contributed by atoms with E-state index in [-0.39, 0.29) is 5.91 Å². The highest BCUT2D eigenvalue weighted by Crippen LogP contribution is 2.08. The molecule has 0 unspecified atom stereocenters. The number of nitrogens with zero attached hydrogens (tertiary/aromatic N) is 2. The Kier molecular flexibility index (Phi) is 2.32. The number of carbonyl (C=O) groups excluding carboxylic acids is 1. The molecule has 0 saturated carbocycles. The molecular weight excluding hydrogens is 191 g/mol. The molecule has 76 valence electrons. The minimum absolute atomic E-state index is 0.273. The molecular formula is C10H11BN2O2. The molecule has 0 bridgehead atoms. The van der Waals surface area contributed by atoms with E-state index in [1.165, 1.54) is 6.92 Å². The molecule has 0 spiro atoms. The summed E-state index contributed by atoms with van der Waals surface area (Å²) in [6.45, 7) is 3.34. The van der Waals surface area contributed by atoms with Gasteiger partial charge in [-0.2, -0.15) is 5.10 Å². The third-order valence-corrected chi connectivity index (χ3v) is 2.40. The van der Waals surface area contributed by atoms with E-state index in [9.17, 15) is 9.82 Å². The van der Waals surface area contributed by atoms with Crippen LogP contribution in [-0.2, 0) is 4.79 Å². The van der Waals surface area contributed by atoms with Crippen LogP contribution in [-0.4, -0.2) is 29.1 Å². The minimum atomic E-state index is -0.969. The number of carbonyl (C=O) groups is 1. The largest absolute Gasteiger partial charge is 0.474 e. The highest BCUT2D eigenvalue weighted by molar-refractivity contribution is 6.67. The fourth-order valence-corrected chi connectivity index (χ4v) is 1.61. The van der Waals surface area contributed by atoms with Crippen LogP contribution in [0.1, 0.15) is 18.1 Å². The summed E-state index contributed by atoms with van der Waals surface area (Å²) in [5.41, 5.74) is 2.68. The van der Waals surface area contributed by atoms with Crippen molar-refractivity contribution in [2.75, 3.05) is 0 Å². The number of benzene rings is 1. The number of rotatable bonds is 0. The zero-order chi connectivity index (χ0) is 11.0. The smallest absolute Gasteiger partial charge is 0.427 e. The molecule has 1 aliphatic rings. The minimum Gasteiger partial charge on any atom is -0.427 e. The lowest BCUT2D eigenvalue weighted by molar-refractivity contribution is -0.125. The first-order valence-electron chi connectivity index (χ1n) is 4.72. The highest BCUT2D eigenvalue weighted by atomic mass is 16.2. The number of amides is 1.